The molecule has 4 nitrogen and oxygen atoms in total. The highest BCUT2D eigenvalue weighted by molar-refractivity contribution is 6.34. The first-order chi connectivity index (χ1) is 9.13. The van der Waals surface area contributed by atoms with Crippen molar-refractivity contribution in [3.63, 3.8) is 0 Å². The molecule has 0 saturated carbocycles. The molecule has 0 fully saturated rings. The summed E-state index contributed by atoms with van der Waals surface area (Å²) in [5.41, 5.74) is 1.02. The van der Waals surface area contributed by atoms with Gasteiger partial charge in [0, 0.05) is 24.6 Å². The summed E-state index contributed by atoms with van der Waals surface area (Å²) in [5, 5.41) is 9.79. The Hall–Kier alpha value is -2.07. The molecule has 1 aromatic heterocycles. The number of aromatic hydroxyl groups is 1. The summed E-state index contributed by atoms with van der Waals surface area (Å²) < 4.78 is 0. The van der Waals surface area contributed by atoms with Crippen LogP contribution >= 0.6 is 11.6 Å². The molecule has 5 heteroatoms. The predicted molar refractivity (Wildman–Crippen MR) is 74.7 cm³/mol. The Labute approximate surface area is 116 Å². The maximum Gasteiger partial charge on any atom is 0.259 e. The van der Waals surface area contributed by atoms with E-state index in [0.717, 1.165) is 5.69 Å². The number of carbonyl (C=O) groups excluding carboxylic acids is 1. The molecule has 98 valence electrons. The topological polar surface area (TPSA) is 53.4 Å². The molecule has 19 heavy (non-hydrogen) atoms. The summed E-state index contributed by atoms with van der Waals surface area (Å²) in [5.74, 6) is -0.242. The number of phenols is 1. The van der Waals surface area contributed by atoms with Gasteiger partial charge in [-0.1, -0.05) is 11.6 Å². The number of anilines is 1. The van der Waals surface area contributed by atoms with E-state index in [0.29, 0.717) is 11.6 Å². The van der Waals surface area contributed by atoms with Crippen molar-refractivity contribution in [2.75, 3.05) is 11.4 Å². The Balaban J connectivity index is 2.39. The van der Waals surface area contributed by atoms with Crippen LogP contribution in [0.4, 0.5) is 5.69 Å². The highest BCUT2D eigenvalue weighted by Crippen LogP contribution is 2.24. The number of pyridine rings is 1. The second kappa shape index (κ2) is 5.71. The average molecular weight is 277 g/mol. The third-order valence-corrected chi connectivity index (χ3v) is 3.05. The zero-order chi connectivity index (χ0) is 13.8. The summed E-state index contributed by atoms with van der Waals surface area (Å²) in [6.45, 7) is 2.36. The molecule has 2 rings (SSSR count). The van der Waals surface area contributed by atoms with Gasteiger partial charge in [0.15, 0.2) is 0 Å². The Kier molecular flexibility index (Phi) is 4.02. The number of hydrogen-bond donors (Lipinski definition) is 1. The maximum absolute atomic E-state index is 12.5. The number of phenolic OH excluding ortho intramolecular Hbond substituents is 1. The van der Waals surface area contributed by atoms with Gasteiger partial charge in [0.2, 0.25) is 0 Å². The lowest BCUT2D eigenvalue weighted by Gasteiger charge is -2.21. The van der Waals surface area contributed by atoms with Crippen molar-refractivity contribution in [2.24, 2.45) is 0 Å². The van der Waals surface area contributed by atoms with Crippen molar-refractivity contribution in [1.82, 2.24) is 4.98 Å². The van der Waals surface area contributed by atoms with E-state index in [2.05, 4.69) is 4.98 Å². The summed E-state index contributed by atoms with van der Waals surface area (Å²) in [7, 11) is 0. The van der Waals surface area contributed by atoms with Gasteiger partial charge in [-0.25, -0.2) is 0 Å². The maximum atomic E-state index is 12.5. The molecule has 0 radical (unpaired) electrons. The molecule has 0 bridgehead atoms. The van der Waals surface area contributed by atoms with Gasteiger partial charge in [0.1, 0.15) is 5.75 Å². The van der Waals surface area contributed by atoms with Gasteiger partial charge in [-0.2, -0.15) is 0 Å². The van der Waals surface area contributed by atoms with Crippen molar-refractivity contribution < 1.29 is 9.90 Å². The second-order valence-corrected chi connectivity index (χ2v) is 4.33. The standard InChI is InChI=1S/C14H13ClN2O2/c1-2-17(10-5-7-16-8-6-10)14(19)12-9-11(18)3-4-13(12)15/h3-9,18H,2H2,1H3. The molecular formula is C14H13ClN2O2. The molecule has 1 aromatic carbocycles. The van der Waals surface area contributed by atoms with E-state index in [1.165, 1.54) is 18.2 Å². The molecule has 0 aliphatic heterocycles. The minimum absolute atomic E-state index is 0.0125. The Morgan fingerprint density at radius 2 is 2.00 bits per heavy atom. The smallest absolute Gasteiger partial charge is 0.259 e. The van der Waals surface area contributed by atoms with Crippen LogP contribution in [-0.4, -0.2) is 22.5 Å². The largest absolute Gasteiger partial charge is 0.508 e. The van der Waals surface area contributed by atoms with Gasteiger partial charge >= 0.3 is 0 Å². The molecule has 0 spiro atoms. The SMILES string of the molecule is CCN(C(=O)c1cc(O)ccc1Cl)c1ccncc1. The average Bonchev–Trinajstić information content (AvgIpc) is 2.43. The fraction of sp³-hybridized carbons (Fsp3) is 0.143. The lowest BCUT2D eigenvalue weighted by Crippen LogP contribution is -2.30. The number of amides is 1. The molecule has 1 amide bonds. The van der Waals surface area contributed by atoms with Gasteiger partial charge < -0.3 is 10.0 Å². The highest BCUT2D eigenvalue weighted by Gasteiger charge is 2.19. The molecular weight excluding hydrogens is 264 g/mol. The quantitative estimate of drug-likeness (QED) is 0.937. The zero-order valence-corrected chi connectivity index (χ0v) is 11.1. The zero-order valence-electron chi connectivity index (χ0n) is 10.4. The number of carbonyl (C=O) groups is 1. The van der Waals surface area contributed by atoms with Crippen LogP contribution in [0.3, 0.4) is 0 Å². The fourth-order valence-corrected chi connectivity index (χ4v) is 1.99. The Bertz CT molecular complexity index is 587. The number of rotatable bonds is 3. The Morgan fingerprint density at radius 1 is 1.32 bits per heavy atom. The lowest BCUT2D eigenvalue weighted by molar-refractivity contribution is 0.0988. The van der Waals surface area contributed by atoms with E-state index in [-0.39, 0.29) is 17.2 Å². The second-order valence-electron chi connectivity index (χ2n) is 3.92. The van der Waals surface area contributed by atoms with Crippen LogP contribution < -0.4 is 4.90 Å². The van der Waals surface area contributed by atoms with Crippen LogP contribution in [-0.2, 0) is 0 Å². The minimum atomic E-state index is -0.255. The summed E-state index contributed by atoms with van der Waals surface area (Å²) in [6.07, 6.45) is 3.24. The molecule has 2 aromatic rings. The van der Waals surface area contributed by atoms with Crippen molar-refractivity contribution in [3.05, 3.63) is 53.3 Å². The van der Waals surface area contributed by atoms with E-state index in [1.807, 2.05) is 6.92 Å². The van der Waals surface area contributed by atoms with E-state index in [1.54, 1.807) is 29.4 Å². The van der Waals surface area contributed by atoms with E-state index < -0.39 is 0 Å². The van der Waals surface area contributed by atoms with E-state index >= 15 is 0 Å². The third kappa shape index (κ3) is 2.85. The monoisotopic (exact) mass is 276 g/mol. The van der Waals surface area contributed by atoms with Crippen LogP contribution in [0.5, 0.6) is 5.75 Å². The molecule has 1 N–H and O–H groups in total. The van der Waals surface area contributed by atoms with E-state index in [9.17, 15) is 9.90 Å². The number of hydrogen-bond acceptors (Lipinski definition) is 3. The molecule has 0 aliphatic rings. The van der Waals surface area contributed by atoms with Gasteiger partial charge in [-0.15, -0.1) is 0 Å². The van der Waals surface area contributed by atoms with Gasteiger partial charge in [-0.3, -0.25) is 9.78 Å². The molecule has 1 heterocycles. The van der Waals surface area contributed by atoms with Gasteiger partial charge in [-0.05, 0) is 37.3 Å². The van der Waals surface area contributed by atoms with Gasteiger partial charge in [0.25, 0.3) is 5.91 Å². The molecule has 0 atom stereocenters. The summed E-state index contributed by atoms with van der Waals surface area (Å²) in [6, 6.07) is 7.82. The third-order valence-electron chi connectivity index (χ3n) is 2.72. The minimum Gasteiger partial charge on any atom is -0.508 e. The first-order valence-electron chi connectivity index (χ1n) is 5.84. The predicted octanol–water partition coefficient (Wildman–Crippen LogP) is 3.11. The molecule has 0 saturated heterocycles. The van der Waals surface area contributed by atoms with Crippen LogP contribution in [0.1, 0.15) is 17.3 Å². The van der Waals surface area contributed by atoms with Crippen LogP contribution in [0.15, 0.2) is 42.7 Å². The van der Waals surface area contributed by atoms with E-state index in [4.69, 9.17) is 11.6 Å². The number of nitrogens with zero attached hydrogens (tertiary/aromatic N) is 2. The number of benzene rings is 1. The van der Waals surface area contributed by atoms with Crippen molar-refractivity contribution in [1.29, 1.82) is 0 Å². The normalized spacial score (nSPS) is 10.2. The highest BCUT2D eigenvalue weighted by atomic mass is 35.5. The fourth-order valence-electron chi connectivity index (χ4n) is 1.79. The van der Waals surface area contributed by atoms with Crippen LogP contribution in [0, 0.1) is 0 Å². The number of halogens is 1. The van der Waals surface area contributed by atoms with Crippen LogP contribution in [0.2, 0.25) is 5.02 Å². The number of aromatic nitrogens is 1. The van der Waals surface area contributed by atoms with Crippen molar-refractivity contribution in [3.8, 4) is 5.75 Å². The first kappa shape index (κ1) is 13.4. The first-order valence-corrected chi connectivity index (χ1v) is 6.21. The van der Waals surface area contributed by atoms with Crippen LogP contribution in [0.25, 0.3) is 0 Å². The van der Waals surface area contributed by atoms with Gasteiger partial charge in [0.05, 0.1) is 10.6 Å². The summed E-state index contributed by atoms with van der Waals surface area (Å²) >= 11 is 6.01. The summed E-state index contributed by atoms with van der Waals surface area (Å²) in [4.78, 5) is 18.0. The molecule has 0 aliphatic carbocycles. The lowest BCUT2D eigenvalue weighted by atomic mass is 10.1. The Morgan fingerprint density at radius 3 is 2.63 bits per heavy atom. The van der Waals surface area contributed by atoms with Crippen molar-refractivity contribution >= 4 is 23.2 Å². The molecule has 0 unspecified atom stereocenters. The van der Waals surface area contributed by atoms with Crippen molar-refractivity contribution in [2.45, 2.75) is 6.92 Å².